The zero-order chi connectivity index (χ0) is 13.7. The van der Waals surface area contributed by atoms with Gasteiger partial charge in [0.05, 0.1) is 5.92 Å². The lowest BCUT2D eigenvalue weighted by molar-refractivity contribution is -0.146. The first-order chi connectivity index (χ1) is 8.47. The summed E-state index contributed by atoms with van der Waals surface area (Å²) < 4.78 is 0. The van der Waals surface area contributed by atoms with Gasteiger partial charge in [0.25, 0.3) is 0 Å². The molecule has 100 valence electrons. The summed E-state index contributed by atoms with van der Waals surface area (Å²) in [6.45, 7) is 5.42. The van der Waals surface area contributed by atoms with E-state index in [1.54, 1.807) is 0 Å². The van der Waals surface area contributed by atoms with E-state index in [1.165, 1.54) is 16.2 Å². The fraction of sp³-hybridized carbons (Fsp3) is 0.538. The van der Waals surface area contributed by atoms with Crippen LogP contribution >= 0.6 is 11.3 Å². The summed E-state index contributed by atoms with van der Waals surface area (Å²) in [5.41, 5.74) is 0. The number of carboxylic acids is 1. The van der Waals surface area contributed by atoms with E-state index >= 15 is 0 Å². The largest absolute Gasteiger partial charge is 0.480 e. The molecule has 1 amide bonds. The first-order valence-corrected chi connectivity index (χ1v) is 6.91. The number of carboxylic acid groups (broad SMARTS) is 1. The second kappa shape index (κ2) is 6.54. The van der Waals surface area contributed by atoms with Crippen molar-refractivity contribution >= 4 is 23.2 Å². The van der Waals surface area contributed by atoms with Crippen LogP contribution in [0.2, 0.25) is 0 Å². The highest BCUT2D eigenvalue weighted by Gasteiger charge is 2.27. The standard InChI is InChI=1S/C13H19NO3S/c1-4-9(2)14(8-12(15)16)13(17)10(3)11-6-5-7-18-11/h5-7,9-10H,4,8H2,1-3H3,(H,15,16)/t9-,10-/m1/s1. The molecule has 18 heavy (non-hydrogen) atoms. The molecule has 0 bridgehead atoms. The summed E-state index contributed by atoms with van der Waals surface area (Å²) in [6.07, 6.45) is 0.746. The molecule has 1 rings (SSSR count). The van der Waals surface area contributed by atoms with Crippen molar-refractivity contribution in [2.75, 3.05) is 6.54 Å². The van der Waals surface area contributed by atoms with E-state index in [1.807, 2.05) is 38.3 Å². The van der Waals surface area contributed by atoms with Gasteiger partial charge in [0, 0.05) is 10.9 Å². The molecule has 0 spiro atoms. The molecule has 0 radical (unpaired) electrons. The third-order valence-electron chi connectivity index (χ3n) is 3.05. The van der Waals surface area contributed by atoms with E-state index in [4.69, 9.17) is 5.11 Å². The lowest BCUT2D eigenvalue weighted by Gasteiger charge is -2.29. The fourth-order valence-electron chi connectivity index (χ4n) is 1.73. The summed E-state index contributed by atoms with van der Waals surface area (Å²) in [6, 6.07) is 3.74. The van der Waals surface area contributed by atoms with E-state index in [9.17, 15) is 9.59 Å². The zero-order valence-corrected chi connectivity index (χ0v) is 11.7. The van der Waals surface area contributed by atoms with Crippen molar-refractivity contribution in [1.82, 2.24) is 4.90 Å². The van der Waals surface area contributed by atoms with Crippen LogP contribution in [0.15, 0.2) is 17.5 Å². The van der Waals surface area contributed by atoms with Crippen molar-refractivity contribution in [2.24, 2.45) is 0 Å². The highest BCUT2D eigenvalue weighted by Crippen LogP contribution is 2.24. The van der Waals surface area contributed by atoms with Gasteiger partial charge in [0.1, 0.15) is 6.54 Å². The molecule has 0 aliphatic rings. The molecule has 4 nitrogen and oxygen atoms in total. The number of rotatable bonds is 6. The molecule has 1 aromatic heterocycles. The van der Waals surface area contributed by atoms with Gasteiger partial charge in [-0.15, -0.1) is 11.3 Å². The number of hydrogen-bond donors (Lipinski definition) is 1. The first-order valence-electron chi connectivity index (χ1n) is 6.03. The van der Waals surface area contributed by atoms with Crippen LogP contribution in [0.25, 0.3) is 0 Å². The molecule has 5 heteroatoms. The van der Waals surface area contributed by atoms with Crippen LogP contribution in [0.1, 0.15) is 38.0 Å². The van der Waals surface area contributed by atoms with E-state index in [2.05, 4.69) is 0 Å². The van der Waals surface area contributed by atoms with Crippen LogP contribution in [0.5, 0.6) is 0 Å². The molecule has 1 heterocycles. The van der Waals surface area contributed by atoms with Gasteiger partial charge < -0.3 is 10.0 Å². The van der Waals surface area contributed by atoms with Crippen LogP contribution in [0.4, 0.5) is 0 Å². The summed E-state index contributed by atoms with van der Waals surface area (Å²) in [4.78, 5) is 25.6. The predicted octanol–water partition coefficient (Wildman–Crippen LogP) is 2.56. The van der Waals surface area contributed by atoms with Gasteiger partial charge in [-0.25, -0.2) is 0 Å². The number of carbonyl (C=O) groups excluding carboxylic acids is 1. The third kappa shape index (κ3) is 3.57. The quantitative estimate of drug-likeness (QED) is 0.863. The topological polar surface area (TPSA) is 57.6 Å². The molecule has 0 aliphatic carbocycles. The molecule has 0 fully saturated rings. The van der Waals surface area contributed by atoms with E-state index in [0.29, 0.717) is 0 Å². The lowest BCUT2D eigenvalue weighted by Crippen LogP contribution is -2.43. The van der Waals surface area contributed by atoms with Gasteiger partial charge in [-0.2, -0.15) is 0 Å². The van der Waals surface area contributed by atoms with Crippen LogP contribution in [-0.2, 0) is 9.59 Å². The van der Waals surface area contributed by atoms with Crippen molar-refractivity contribution in [3.63, 3.8) is 0 Å². The zero-order valence-electron chi connectivity index (χ0n) is 10.9. The Hall–Kier alpha value is -1.36. The highest BCUT2D eigenvalue weighted by atomic mass is 32.1. The van der Waals surface area contributed by atoms with Crippen LogP contribution in [-0.4, -0.2) is 34.5 Å². The Morgan fingerprint density at radius 1 is 1.44 bits per heavy atom. The van der Waals surface area contributed by atoms with Gasteiger partial charge >= 0.3 is 5.97 Å². The fourth-order valence-corrected chi connectivity index (χ4v) is 2.50. The maximum absolute atomic E-state index is 12.3. The molecule has 0 aliphatic heterocycles. The SMILES string of the molecule is CC[C@@H](C)N(CC(=O)O)C(=O)[C@H](C)c1cccs1. The van der Waals surface area contributed by atoms with Crippen molar-refractivity contribution in [1.29, 1.82) is 0 Å². The van der Waals surface area contributed by atoms with Crippen molar-refractivity contribution in [3.05, 3.63) is 22.4 Å². The van der Waals surface area contributed by atoms with Crippen molar-refractivity contribution in [2.45, 2.75) is 39.2 Å². The summed E-state index contributed by atoms with van der Waals surface area (Å²) in [7, 11) is 0. The minimum absolute atomic E-state index is 0.0592. The molecule has 1 N–H and O–H groups in total. The number of hydrogen-bond acceptors (Lipinski definition) is 3. The van der Waals surface area contributed by atoms with Gasteiger partial charge in [-0.3, -0.25) is 9.59 Å². The first kappa shape index (κ1) is 14.7. The van der Waals surface area contributed by atoms with Gasteiger partial charge in [-0.05, 0) is 31.7 Å². The Balaban J connectivity index is 2.84. The molecule has 1 aromatic rings. The Bertz CT molecular complexity index is 402. The molecular formula is C13H19NO3S. The Morgan fingerprint density at radius 3 is 2.56 bits per heavy atom. The monoisotopic (exact) mass is 269 g/mol. The molecule has 2 atom stereocenters. The van der Waals surface area contributed by atoms with Gasteiger partial charge in [0.2, 0.25) is 5.91 Å². The van der Waals surface area contributed by atoms with Gasteiger partial charge in [0.15, 0.2) is 0 Å². The Labute approximate surface area is 111 Å². The molecule has 0 saturated carbocycles. The van der Waals surface area contributed by atoms with Crippen LogP contribution in [0.3, 0.4) is 0 Å². The van der Waals surface area contributed by atoms with Crippen LogP contribution < -0.4 is 0 Å². The van der Waals surface area contributed by atoms with Crippen LogP contribution in [0, 0.1) is 0 Å². The Morgan fingerprint density at radius 2 is 2.11 bits per heavy atom. The minimum atomic E-state index is -0.970. The minimum Gasteiger partial charge on any atom is -0.480 e. The summed E-state index contributed by atoms with van der Waals surface area (Å²) in [5, 5.41) is 10.8. The smallest absolute Gasteiger partial charge is 0.323 e. The third-order valence-corrected chi connectivity index (χ3v) is 4.11. The number of aliphatic carboxylic acids is 1. The molecule has 0 unspecified atom stereocenters. The normalized spacial score (nSPS) is 13.9. The second-order valence-corrected chi connectivity index (χ2v) is 5.33. The molecule has 0 saturated heterocycles. The maximum Gasteiger partial charge on any atom is 0.323 e. The maximum atomic E-state index is 12.3. The van der Waals surface area contributed by atoms with E-state index in [-0.39, 0.29) is 24.4 Å². The molecule has 0 aromatic carbocycles. The lowest BCUT2D eigenvalue weighted by atomic mass is 10.1. The van der Waals surface area contributed by atoms with Gasteiger partial charge in [-0.1, -0.05) is 13.0 Å². The Kier molecular flexibility index (Phi) is 5.34. The number of amides is 1. The van der Waals surface area contributed by atoms with E-state index in [0.717, 1.165) is 11.3 Å². The second-order valence-electron chi connectivity index (χ2n) is 4.35. The average Bonchev–Trinajstić information content (AvgIpc) is 2.86. The molecular weight excluding hydrogens is 250 g/mol. The predicted molar refractivity (Wildman–Crippen MR) is 71.8 cm³/mol. The number of thiophene rings is 1. The summed E-state index contributed by atoms with van der Waals surface area (Å²) in [5.74, 6) is -1.37. The number of nitrogens with zero attached hydrogens (tertiary/aromatic N) is 1. The number of carbonyl (C=O) groups is 2. The van der Waals surface area contributed by atoms with Crippen molar-refractivity contribution in [3.8, 4) is 0 Å². The van der Waals surface area contributed by atoms with Crippen molar-refractivity contribution < 1.29 is 14.7 Å². The van der Waals surface area contributed by atoms with E-state index < -0.39 is 5.97 Å². The highest BCUT2D eigenvalue weighted by molar-refractivity contribution is 7.10. The summed E-state index contributed by atoms with van der Waals surface area (Å²) >= 11 is 1.52. The average molecular weight is 269 g/mol.